The number of piperidine rings is 1. The highest BCUT2D eigenvalue weighted by Gasteiger charge is 2.22. The molecular weight excluding hydrogens is 260 g/mol. The van der Waals surface area contributed by atoms with Gasteiger partial charge in [0.25, 0.3) is 0 Å². The molecule has 0 saturated carbocycles. The lowest BCUT2D eigenvalue weighted by atomic mass is 9.98. The second-order valence-electron chi connectivity index (χ2n) is 6.64. The van der Waals surface area contributed by atoms with Crippen molar-refractivity contribution in [3.05, 3.63) is 0 Å². The number of nitrogens with zero attached hydrogens (tertiary/aromatic N) is 1. The van der Waals surface area contributed by atoms with E-state index in [9.17, 15) is 4.79 Å². The molecule has 0 radical (unpaired) electrons. The van der Waals surface area contributed by atoms with E-state index in [0.717, 1.165) is 25.9 Å². The smallest absolute Gasteiger partial charge is 0.219 e. The third-order valence-electron chi connectivity index (χ3n) is 4.72. The number of nitrogens with one attached hydrogen (secondary N) is 1. The fourth-order valence-corrected chi connectivity index (χ4v) is 3.29. The summed E-state index contributed by atoms with van der Waals surface area (Å²) in [6.07, 6.45) is 12.9. The van der Waals surface area contributed by atoms with Crippen molar-refractivity contribution in [1.29, 1.82) is 0 Å². The molecule has 1 amide bonds. The molecule has 1 heterocycles. The summed E-state index contributed by atoms with van der Waals surface area (Å²) in [5.41, 5.74) is 0. The standard InChI is InChI=1S/C18H36N2O/c1-4-6-8-10-17(11-9-7-5-2)19-18-12-14-20(15-13-18)16(3)21/h17-19H,4-15H2,1-3H3. The molecule has 3 nitrogen and oxygen atoms in total. The van der Waals surface area contributed by atoms with E-state index >= 15 is 0 Å². The number of unbranched alkanes of at least 4 members (excludes halogenated alkanes) is 4. The summed E-state index contributed by atoms with van der Waals surface area (Å²) in [5, 5.41) is 3.90. The van der Waals surface area contributed by atoms with E-state index in [1.807, 2.05) is 4.90 Å². The Morgan fingerprint density at radius 3 is 2.00 bits per heavy atom. The van der Waals surface area contributed by atoms with Gasteiger partial charge in [0.2, 0.25) is 5.91 Å². The van der Waals surface area contributed by atoms with Gasteiger partial charge in [0.05, 0.1) is 0 Å². The molecule has 1 aliphatic heterocycles. The molecule has 21 heavy (non-hydrogen) atoms. The molecule has 1 aliphatic rings. The van der Waals surface area contributed by atoms with E-state index in [1.54, 1.807) is 6.92 Å². The Kier molecular flexibility index (Phi) is 9.73. The normalized spacial score (nSPS) is 16.7. The van der Waals surface area contributed by atoms with Gasteiger partial charge in [-0.3, -0.25) is 4.79 Å². The van der Waals surface area contributed by atoms with Crippen LogP contribution in [0.15, 0.2) is 0 Å². The number of carbonyl (C=O) groups is 1. The predicted octanol–water partition coefficient (Wildman–Crippen LogP) is 4.12. The molecule has 0 aromatic carbocycles. The first-order chi connectivity index (χ1) is 10.2. The van der Waals surface area contributed by atoms with Crippen LogP contribution in [-0.4, -0.2) is 36.0 Å². The highest BCUT2D eigenvalue weighted by molar-refractivity contribution is 5.73. The van der Waals surface area contributed by atoms with E-state index in [0.29, 0.717) is 12.1 Å². The van der Waals surface area contributed by atoms with E-state index in [4.69, 9.17) is 0 Å². The van der Waals surface area contributed by atoms with Crippen molar-refractivity contribution >= 4 is 5.91 Å². The third-order valence-corrected chi connectivity index (χ3v) is 4.72. The predicted molar refractivity (Wildman–Crippen MR) is 90.5 cm³/mol. The van der Waals surface area contributed by atoms with Crippen LogP contribution in [0.1, 0.15) is 85.0 Å². The maximum Gasteiger partial charge on any atom is 0.219 e. The summed E-state index contributed by atoms with van der Waals surface area (Å²) in [5.74, 6) is 0.232. The minimum atomic E-state index is 0.232. The Bertz CT molecular complexity index is 262. The minimum Gasteiger partial charge on any atom is -0.343 e. The van der Waals surface area contributed by atoms with E-state index in [-0.39, 0.29) is 5.91 Å². The summed E-state index contributed by atoms with van der Waals surface area (Å²) in [4.78, 5) is 13.4. The summed E-state index contributed by atoms with van der Waals surface area (Å²) in [7, 11) is 0. The fraction of sp³-hybridized carbons (Fsp3) is 0.944. The summed E-state index contributed by atoms with van der Waals surface area (Å²) in [6, 6.07) is 1.31. The van der Waals surface area contributed by atoms with E-state index in [2.05, 4.69) is 19.2 Å². The highest BCUT2D eigenvalue weighted by Crippen LogP contribution is 2.16. The molecule has 1 saturated heterocycles. The van der Waals surface area contributed by atoms with Crippen molar-refractivity contribution < 1.29 is 4.79 Å². The summed E-state index contributed by atoms with van der Waals surface area (Å²) < 4.78 is 0. The van der Waals surface area contributed by atoms with Crippen molar-refractivity contribution in [3.8, 4) is 0 Å². The van der Waals surface area contributed by atoms with Crippen molar-refractivity contribution in [1.82, 2.24) is 10.2 Å². The van der Waals surface area contributed by atoms with Crippen LogP contribution in [0.5, 0.6) is 0 Å². The first-order valence-corrected chi connectivity index (χ1v) is 9.18. The zero-order valence-corrected chi connectivity index (χ0v) is 14.5. The van der Waals surface area contributed by atoms with Crippen LogP contribution in [0.4, 0.5) is 0 Å². The van der Waals surface area contributed by atoms with Crippen LogP contribution < -0.4 is 5.32 Å². The molecule has 1 N–H and O–H groups in total. The lowest BCUT2D eigenvalue weighted by molar-refractivity contribution is -0.129. The Morgan fingerprint density at radius 1 is 1.05 bits per heavy atom. The van der Waals surface area contributed by atoms with Gasteiger partial charge in [0, 0.05) is 32.1 Å². The second kappa shape index (κ2) is 11.1. The quantitative estimate of drug-likeness (QED) is 0.615. The largest absolute Gasteiger partial charge is 0.343 e. The van der Waals surface area contributed by atoms with Gasteiger partial charge in [0.1, 0.15) is 0 Å². The molecule has 124 valence electrons. The average molecular weight is 296 g/mol. The Morgan fingerprint density at radius 2 is 1.57 bits per heavy atom. The average Bonchev–Trinajstić information content (AvgIpc) is 2.48. The third kappa shape index (κ3) is 7.85. The van der Waals surface area contributed by atoms with Gasteiger partial charge in [-0.2, -0.15) is 0 Å². The molecule has 3 heteroatoms. The summed E-state index contributed by atoms with van der Waals surface area (Å²) in [6.45, 7) is 8.10. The number of likely N-dealkylation sites (tertiary alicyclic amines) is 1. The van der Waals surface area contributed by atoms with Crippen molar-refractivity contribution in [3.63, 3.8) is 0 Å². The molecular formula is C18H36N2O. The molecule has 1 rings (SSSR count). The van der Waals surface area contributed by atoms with Gasteiger partial charge in [-0.05, 0) is 25.7 Å². The number of hydrogen-bond acceptors (Lipinski definition) is 2. The first-order valence-electron chi connectivity index (χ1n) is 9.18. The Labute approximate surface area is 131 Å². The van der Waals surface area contributed by atoms with Crippen molar-refractivity contribution in [2.24, 2.45) is 0 Å². The molecule has 0 unspecified atom stereocenters. The van der Waals surface area contributed by atoms with Crippen LogP contribution in [0.3, 0.4) is 0 Å². The molecule has 0 aromatic heterocycles. The van der Waals surface area contributed by atoms with Gasteiger partial charge in [0.15, 0.2) is 0 Å². The van der Waals surface area contributed by atoms with Gasteiger partial charge >= 0.3 is 0 Å². The fourth-order valence-electron chi connectivity index (χ4n) is 3.29. The zero-order valence-electron chi connectivity index (χ0n) is 14.5. The zero-order chi connectivity index (χ0) is 15.5. The Balaban J connectivity index is 2.31. The van der Waals surface area contributed by atoms with E-state index in [1.165, 1.54) is 51.4 Å². The molecule has 0 aliphatic carbocycles. The van der Waals surface area contributed by atoms with Crippen molar-refractivity contribution in [2.75, 3.05) is 13.1 Å². The molecule has 0 spiro atoms. The molecule has 0 atom stereocenters. The maximum absolute atomic E-state index is 11.4. The number of rotatable bonds is 10. The number of amides is 1. The molecule has 1 fully saturated rings. The lowest BCUT2D eigenvalue weighted by Gasteiger charge is -2.34. The van der Waals surface area contributed by atoms with E-state index < -0.39 is 0 Å². The maximum atomic E-state index is 11.4. The monoisotopic (exact) mass is 296 g/mol. The van der Waals surface area contributed by atoms with Gasteiger partial charge < -0.3 is 10.2 Å². The van der Waals surface area contributed by atoms with Crippen LogP contribution in [-0.2, 0) is 4.79 Å². The molecule has 0 aromatic rings. The van der Waals surface area contributed by atoms with Gasteiger partial charge in [-0.25, -0.2) is 0 Å². The second-order valence-corrected chi connectivity index (χ2v) is 6.64. The number of carbonyl (C=O) groups excluding carboxylic acids is 1. The van der Waals surface area contributed by atoms with Gasteiger partial charge in [-0.15, -0.1) is 0 Å². The summed E-state index contributed by atoms with van der Waals surface area (Å²) >= 11 is 0. The van der Waals surface area contributed by atoms with Crippen LogP contribution in [0.2, 0.25) is 0 Å². The topological polar surface area (TPSA) is 32.3 Å². The molecule has 0 bridgehead atoms. The SMILES string of the molecule is CCCCCC(CCCCC)NC1CCN(C(C)=O)CC1. The minimum absolute atomic E-state index is 0.232. The Hall–Kier alpha value is -0.570. The lowest BCUT2D eigenvalue weighted by Crippen LogP contribution is -2.47. The van der Waals surface area contributed by atoms with Gasteiger partial charge in [-0.1, -0.05) is 52.4 Å². The first kappa shape index (κ1) is 18.5. The van der Waals surface area contributed by atoms with Crippen LogP contribution in [0, 0.1) is 0 Å². The van der Waals surface area contributed by atoms with Crippen LogP contribution >= 0.6 is 0 Å². The number of hydrogen-bond donors (Lipinski definition) is 1. The highest BCUT2D eigenvalue weighted by atomic mass is 16.2. The van der Waals surface area contributed by atoms with Crippen LogP contribution in [0.25, 0.3) is 0 Å². The van der Waals surface area contributed by atoms with Crippen molar-refractivity contribution in [2.45, 2.75) is 97.1 Å².